The van der Waals surface area contributed by atoms with Crippen molar-refractivity contribution < 1.29 is 17.7 Å². The summed E-state index contributed by atoms with van der Waals surface area (Å²) < 4.78 is 39.5. The minimum absolute atomic E-state index is 0.106. The number of nitrogens with one attached hydrogen (secondary N) is 1. The van der Waals surface area contributed by atoms with Crippen LogP contribution in [0, 0.1) is 0 Å². The first kappa shape index (κ1) is 23.0. The minimum Gasteiger partial charge on any atom is -0.491 e. The Morgan fingerprint density at radius 1 is 1.18 bits per heavy atom. The van der Waals surface area contributed by atoms with E-state index in [0.717, 1.165) is 60.4 Å². The molecule has 8 nitrogen and oxygen atoms in total. The predicted molar refractivity (Wildman–Crippen MR) is 130 cm³/mol. The van der Waals surface area contributed by atoms with Gasteiger partial charge >= 0.3 is 0 Å². The van der Waals surface area contributed by atoms with E-state index in [2.05, 4.69) is 19.8 Å². The second-order valence-corrected chi connectivity index (χ2v) is 11.1. The lowest BCUT2D eigenvalue weighted by molar-refractivity contribution is 0.193. The number of benzene rings is 2. The van der Waals surface area contributed by atoms with Crippen LogP contribution in [0.4, 0.5) is 0 Å². The second-order valence-electron chi connectivity index (χ2n) is 9.21. The number of sulfonamides is 1. The molecule has 9 heteroatoms. The fourth-order valence-electron chi connectivity index (χ4n) is 4.51. The highest BCUT2D eigenvalue weighted by atomic mass is 32.2. The van der Waals surface area contributed by atoms with Crippen molar-refractivity contribution in [2.75, 3.05) is 25.4 Å². The van der Waals surface area contributed by atoms with E-state index >= 15 is 0 Å². The van der Waals surface area contributed by atoms with Gasteiger partial charge in [-0.2, -0.15) is 4.98 Å². The molecule has 1 fully saturated rings. The summed E-state index contributed by atoms with van der Waals surface area (Å²) in [6.07, 6.45) is 2.74. The van der Waals surface area contributed by atoms with Crippen molar-refractivity contribution in [1.29, 1.82) is 0 Å². The van der Waals surface area contributed by atoms with E-state index in [1.165, 1.54) is 0 Å². The molecule has 0 amide bonds. The minimum atomic E-state index is -3.35. The van der Waals surface area contributed by atoms with Crippen LogP contribution in [-0.4, -0.2) is 54.9 Å². The summed E-state index contributed by atoms with van der Waals surface area (Å²) >= 11 is 0. The van der Waals surface area contributed by atoms with Crippen LogP contribution >= 0.6 is 0 Å². The summed E-state index contributed by atoms with van der Waals surface area (Å²) in [5.74, 6) is 1.87. The molecule has 0 spiro atoms. The van der Waals surface area contributed by atoms with Crippen molar-refractivity contribution in [2.45, 2.75) is 45.3 Å². The van der Waals surface area contributed by atoms with Crippen LogP contribution in [0.15, 0.2) is 47.0 Å². The van der Waals surface area contributed by atoms with Crippen LogP contribution in [0.25, 0.3) is 22.8 Å². The van der Waals surface area contributed by atoms with Crippen molar-refractivity contribution in [3.8, 4) is 28.6 Å². The quantitative estimate of drug-likeness (QED) is 0.495. The number of rotatable bonds is 9. The molecule has 1 aliphatic carbocycles. The van der Waals surface area contributed by atoms with Gasteiger partial charge in [0.05, 0.1) is 11.9 Å². The van der Waals surface area contributed by atoms with E-state index in [1.807, 2.05) is 56.3 Å². The molecular weight excluding hydrogens is 452 g/mol. The first-order chi connectivity index (χ1) is 16.4. The van der Waals surface area contributed by atoms with Gasteiger partial charge in [0.1, 0.15) is 5.75 Å². The lowest BCUT2D eigenvalue weighted by Gasteiger charge is -2.30. The summed E-state index contributed by atoms with van der Waals surface area (Å²) in [5.41, 5.74) is 3.77. The average molecular weight is 483 g/mol. The molecule has 180 valence electrons. The monoisotopic (exact) mass is 482 g/mol. The van der Waals surface area contributed by atoms with Crippen molar-refractivity contribution in [3.63, 3.8) is 0 Å². The highest BCUT2D eigenvalue weighted by molar-refractivity contribution is 7.89. The second kappa shape index (κ2) is 9.48. The zero-order valence-corrected chi connectivity index (χ0v) is 20.3. The molecule has 0 unspecified atom stereocenters. The van der Waals surface area contributed by atoms with Gasteiger partial charge in [0.15, 0.2) is 0 Å². The molecule has 0 bridgehead atoms. The summed E-state index contributed by atoms with van der Waals surface area (Å²) in [4.78, 5) is 6.79. The van der Waals surface area contributed by atoms with E-state index in [-0.39, 0.29) is 17.9 Å². The molecule has 1 N–H and O–H groups in total. The normalized spacial score (nSPS) is 18.1. The maximum absolute atomic E-state index is 12.7. The zero-order chi connectivity index (χ0) is 23.7. The third-order valence-electron chi connectivity index (χ3n) is 6.36. The average Bonchev–Trinajstić information content (AvgIpc) is 3.40. The fraction of sp³-hybridized carbons (Fsp3) is 0.440. The molecule has 34 heavy (non-hydrogen) atoms. The highest BCUT2D eigenvalue weighted by Crippen LogP contribution is 2.37. The molecular formula is C25H30N4O4S. The standard InChI is InChI=1S/C25H30N4O4S/c1-17(2)32-19-9-7-18(8-10-19)25-26-24(27-33-25)22-6-3-5-21-20(22)11-12-23(21)28-34(30,31)16-15-29-13-4-14-29/h3,5-10,17,23,28H,4,11-16H2,1-2H3/t23-/m0/s1. The molecule has 1 aliphatic heterocycles. The molecule has 1 saturated heterocycles. The summed E-state index contributed by atoms with van der Waals surface area (Å²) in [7, 11) is -3.35. The number of nitrogens with zero attached hydrogens (tertiary/aromatic N) is 3. The van der Waals surface area contributed by atoms with Gasteiger partial charge in [-0.05, 0) is 81.6 Å². The van der Waals surface area contributed by atoms with Gasteiger partial charge in [-0.25, -0.2) is 13.1 Å². The van der Waals surface area contributed by atoms with E-state index in [0.29, 0.717) is 18.3 Å². The van der Waals surface area contributed by atoms with Crippen LogP contribution in [0.2, 0.25) is 0 Å². The highest BCUT2D eigenvalue weighted by Gasteiger charge is 2.30. The van der Waals surface area contributed by atoms with E-state index in [4.69, 9.17) is 9.26 Å². The van der Waals surface area contributed by atoms with Crippen LogP contribution in [0.1, 0.15) is 43.9 Å². The lowest BCUT2D eigenvalue weighted by Crippen LogP contribution is -2.42. The molecule has 2 aromatic carbocycles. The third kappa shape index (κ3) is 5.01. The van der Waals surface area contributed by atoms with E-state index in [9.17, 15) is 8.42 Å². The van der Waals surface area contributed by atoms with E-state index < -0.39 is 10.0 Å². The molecule has 5 rings (SSSR count). The van der Waals surface area contributed by atoms with E-state index in [1.54, 1.807) is 0 Å². The first-order valence-electron chi connectivity index (χ1n) is 11.8. The Labute approximate surface area is 200 Å². The molecule has 2 heterocycles. The molecule has 3 aromatic rings. The Kier molecular flexibility index (Phi) is 6.42. The molecule has 2 aliphatic rings. The lowest BCUT2D eigenvalue weighted by atomic mass is 10.0. The molecule has 0 radical (unpaired) electrons. The maximum atomic E-state index is 12.7. The Balaban J connectivity index is 1.32. The summed E-state index contributed by atoms with van der Waals surface area (Å²) in [6, 6.07) is 13.2. The predicted octanol–water partition coefficient (Wildman–Crippen LogP) is 3.80. The SMILES string of the molecule is CC(C)Oc1ccc(-c2nc(-c3cccc4c3CC[C@@H]4NS(=O)(=O)CCN3CCC3)no2)cc1. The zero-order valence-electron chi connectivity index (χ0n) is 19.5. The number of hydrogen-bond donors (Lipinski definition) is 1. The molecule has 0 saturated carbocycles. The molecule has 1 aromatic heterocycles. The van der Waals surface area contributed by atoms with Crippen LogP contribution < -0.4 is 9.46 Å². The topological polar surface area (TPSA) is 97.6 Å². The van der Waals surface area contributed by atoms with Gasteiger partial charge in [0.25, 0.3) is 5.89 Å². The Morgan fingerprint density at radius 3 is 2.68 bits per heavy atom. The van der Waals surface area contributed by atoms with Crippen molar-refractivity contribution in [1.82, 2.24) is 19.8 Å². The summed E-state index contributed by atoms with van der Waals surface area (Å²) in [6.45, 7) is 6.55. The Morgan fingerprint density at radius 2 is 1.97 bits per heavy atom. The first-order valence-corrected chi connectivity index (χ1v) is 13.5. The number of likely N-dealkylation sites (tertiary alicyclic amines) is 1. The summed E-state index contributed by atoms with van der Waals surface area (Å²) in [5, 5.41) is 4.21. The van der Waals surface area contributed by atoms with Gasteiger partial charge in [-0.15, -0.1) is 0 Å². The Bertz CT molecular complexity index is 1250. The third-order valence-corrected chi connectivity index (χ3v) is 7.72. The number of ether oxygens (including phenoxy) is 1. The Hall–Kier alpha value is -2.75. The molecule has 1 atom stereocenters. The van der Waals surface area contributed by atoms with Gasteiger partial charge in [0, 0.05) is 23.7 Å². The number of fused-ring (bicyclic) bond motifs is 1. The van der Waals surface area contributed by atoms with Crippen molar-refractivity contribution >= 4 is 10.0 Å². The van der Waals surface area contributed by atoms with Crippen LogP contribution in [0.5, 0.6) is 5.75 Å². The van der Waals surface area contributed by atoms with Crippen LogP contribution in [0.3, 0.4) is 0 Å². The van der Waals surface area contributed by atoms with Crippen molar-refractivity contribution in [2.24, 2.45) is 0 Å². The number of aromatic nitrogens is 2. The van der Waals surface area contributed by atoms with Crippen LogP contribution in [-0.2, 0) is 16.4 Å². The maximum Gasteiger partial charge on any atom is 0.258 e. The van der Waals surface area contributed by atoms with Gasteiger partial charge in [-0.3, -0.25) is 0 Å². The fourth-order valence-corrected chi connectivity index (χ4v) is 5.81. The van der Waals surface area contributed by atoms with Gasteiger partial charge < -0.3 is 14.2 Å². The van der Waals surface area contributed by atoms with Crippen molar-refractivity contribution in [3.05, 3.63) is 53.6 Å². The van der Waals surface area contributed by atoms with Gasteiger partial charge in [0.2, 0.25) is 15.8 Å². The smallest absolute Gasteiger partial charge is 0.258 e. The number of hydrogen-bond acceptors (Lipinski definition) is 7. The van der Waals surface area contributed by atoms with Gasteiger partial charge in [-0.1, -0.05) is 23.4 Å². The largest absolute Gasteiger partial charge is 0.491 e.